The highest BCUT2D eigenvalue weighted by atomic mass is 19.1. The number of nitrogens with two attached hydrogens (primary N) is 1. The van der Waals surface area contributed by atoms with Crippen molar-refractivity contribution in [1.82, 2.24) is 4.90 Å². The van der Waals surface area contributed by atoms with E-state index in [-0.39, 0.29) is 30.9 Å². The lowest BCUT2D eigenvalue weighted by Gasteiger charge is -2.30. The Hall–Kier alpha value is -3.66. The molecule has 33 heavy (non-hydrogen) atoms. The third-order valence-electron chi connectivity index (χ3n) is 6.55. The van der Waals surface area contributed by atoms with Crippen LogP contribution in [0.5, 0.6) is 0 Å². The second kappa shape index (κ2) is 8.04. The lowest BCUT2D eigenvalue weighted by molar-refractivity contribution is -0.134. The highest BCUT2D eigenvalue weighted by molar-refractivity contribution is 6.07. The van der Waals surface area contributed by atoms with Crippen LogP contribution < -0.4 is 11.1 Å². The molecule has 0 aromatic heterocycles. The van der Waals surface area contributed by atoms with Crippen LogP contribution in [-0.4, -0.2) is 40.9 Å². The highest BCUT2D eigenvalue weighted by Crippen LogP contribution is 2.47. The predicted molar refractivity (Wildman–Crippen MR) is 123 cm³/mol. The number of benzene rings is 2. The Balaban J connectivity index is 1.76. The van der Waals surface area contributed by atoms with Gasteiger partial charge in [0, 0.05) is 17.8 Å². The molecule has 3 atom stereocenters. The lowest BCUT2D eigenvalue weighted by Crippen LogP contribution is -2.43. The van der Waals surface area contributed by atoms with Crippen LogP contribution in [0, 0.1) is 12.3 Å². The highest BCUT2D eigenvalue weighted by Gasteiger charge is 2.56. The number of likely N-dealkylation sites (tertiary alicyclic amines) is 1. The van der Waals surface area contributed by atoms with Crippen molar-refractivity contribution in [1.29, 1.82) is 0 Å². The van der Waals surface area contributed by atoms with Gasteiger partial charge in [0.1, 0.15) is 5.67 Å². The van der Waals surface area contributed by atoms with Gasteiger partial charge in [0.25, 0.3) is 0 Å². The minimum absolute atomic E-state index is 0.0749. The Morgan fingerprint density at radius 1 is 1.27 bits per heavy atom. The Morgan fingerprint density at radius 3 is 2.61 bits per heavy atom. The number of primary amides is 1. The molecular formula is C26H26FN3O3. The number of carbonyl (C=O) groups excluding carboxylic acids is 3. The molecule has 2 aliphatic rings. The number of nitrogens with one attached hydrogen (secondary N) is 1. The topological polar surface area (TPSA) is 92.5 Å². The largest absolute Gasteiger partial charge is 0.366 e. The number of anilines is 1. The zero-order valence-electron chi connectivity index (χ0n) is 18.6. The lowest BCUT2D eigenvalue weighted by atomic mass is 9.79. The Labute approximate surface area is 192 Å². The Morgan fingerprint density at radius 2 is 1.94 bits per heavy atom. The zero-order valence-corrected chi connectivity index (χ0v) is 18.6. The van der Waals surface area contributed by atoms with Gasteiger partial charge < -0.3 is 16.0 Å². The van der Waals surface area contributed by atoms with E-state index < -0.39 is 34.9 Å². The average molecular weight is 448 g/mol. The number of carbonyl (C=O) groups is 3. The number of nitrogens with zero attached hydrogens (tertiary/aromatic N) is 1. The van der Waals surface area contributed by atoms with Crippen LogP contribution in [0.3, 0.4) is 0 Å². The smallest absolute Gasteiger partial charge is 0.249 e. The summed E-state index contributed by atoms with van der Waals surface area (Å²) in [5.74, 6) is 0.325. The fraction of sp³-hybridized carbons (Fsp3) is 0.346. The van der Waals surface area contributed by atoms with Crippen molar-refractivity contribution in [3.8, 4) is 12.3 Å². The van der Waals surface area contributed by atoms with Crippen LogP contribution in [0.25, 0.3) is 0 Å². The van der Waals surface area contributed by atoms with Gasteiger partial charge in [-0.25, -0.2) is 4.39 Å². The molecule has 2 aromatic rings. The quantitative estimate of drug-likeness (QED) is 0.690. The third-order valence-corrected chi connectivity index (χ3v) is 6.55. The monoisotopic (exact) mass is 447 g/mol. The number of rotatable bonds is 5. The molecule has 4 rings (SSSR count). The summed E-state index contributed by atoms with van der Waals surface area (Å²) < 4.78 is 14.8. The molecule has 170 valence electrons. The first kappa shape index (κ1) is 22.5. The van der Waals surface area contributed by atoms with Gasteiger partial charge in [0.05, 0.1) is 17.4 Å². The molecule has 0 aliphatic carbocycles. The van der Waals surface area contributed by atoms with E-state index in [4.69, 9.17) is 12.2 Å². The third kappa shape index (κ3) is 3.86. The van der Waals surface area contributed by atoms with Gasteiger partial charge >= 0.3 is 0 Å². The van der Waals surface area contributed by atoms with E-state index in [0.717, 1.165) is 5.56 Å². The summed E-state index contributed by atoms with van der Waals surface area (Å²) in [6.07, 6.45) is 5.90. The normalized spacial score (nSPS) is 22.5. The van der Waals surface area contributed by atoms with Crippen LogP contribution in [0.4, 0.5) is 10.1 Å². The second-order valence-electron chi connectivity index (χ2n) is 9.36. The number of halogens is 1. The average Bonchev–Trinajstić information content (AvgIpc) is 3.29. The van der Waals surface area contributed by atoms with Crippen molar-refractivity contribution in [3.05, 3.63) is 65.2 Å². The number of hydrogen-bond donors (Lipinski definition) is 2. The maximum Gasteiger partial charge on any atom is 0.249 e. The molecule has 0 bridgehead atoms. The number of hydrogen-bond acceptors (Lipinski definition) is 3. The minimum atomic E-state index is -1.70. The van der Waals surface area contributed by atoms with Crippen LogP contribution in [0.1, 0.15) is 54.1 Å². The van der Waals surface area contributed by atoms with E-state index in [1.807, 2.05) is 24.3 Å². The molecular weight excluding hydrogens is 421 g/mol. The van der Waals surface area contributed by atoms with Gasteiger partial charge in [0.2, 0.25) is 17.7 Å². The predicted octanol–water partition coefficient (Wildman–Crippen LogP) is 3.13. The number of fused-ring (bicyclic) bond motifs is 2. The van der Waals surface area contributed by atoms with Crippen LogP contribution in [-0.2, 0) is 15.0 Å². The summed E-state index contributed by atoms with van der Waals surface area (Å²) in [6.45, 7) is 2.83. The van der Waals surface area contributed by atoms with Crippen LogP contribution in [0.15, 0.2) is 48.5 Å². The Bertz CT molecular complexity index is 1180. The summed E-state index contributed by atoms with van der Waals surface area (Å²) in [5, 5.41) is 2.89. The van der Waals surface area contributed by atoms with Gasteiger partial charge in [-0.15, -0.1) is 6.42 Å². The molecule has 1 fully saturated rings. The maximum absolute atomic E-state index is 14.8. The molecule has 1 spiro atoms. The van der Waals surface area contributed by atoms with Crippen molar-refractivity contribution in [2.24, 2.45) is 5.73 Å². The van der Waals surface area contributed by atoms with E-state index in [2.05, 4.69) is 11.2 Å². The summed E-state index contributed by atoms with van der Waals surface area (Å²) in [7, 11) is 0. The van der Waals surface area contributed by atoms with E-state index in [1.54, 1.807) is 18.2 Å². The number of para-hydroxylation sites is 1. The van der Waals surface area contributed by atoms with Crippen molar-refractivity contribution in [2.75, 3.05) is 11.9 Å². The minimum Gasteiger partial charge on any atom is -0.366 e. The van der Waals surface area contributed by atoms with Gasteiger partial charge in [-0.05, 0) is 49.9 Å². The first-order valence-corrected chi connectivity index (χ1v) is 10.8. The molecule has 3 N–H and O–H groups in total. The van der Waals surface area contributed by atoms with Crippen molar-refractivity contribution < 1.29 is 18.8 Å². The van der Waals surface area contributed by atoms with E-state index in [1.165, 1.54) is 24.8 Å². The molecule has 0 saturated carbocycles. The van der Waals surface area contributed by atoms with Crippen LogP contribution in [0.2, 0.25) is 0 Å². The SMILES string of the molecule is C#C[C@@H]1C[C@@]2(CN1C(=O)[C@@H](CC(C)(C)F)c1ccccc1C(N)=O)C(=O)Nc1ccccc12. The maximum atomic E-state index is 14.8. The molecule has 1 saturated heterocycles. The summed E-state index contributed by atoms with van der Waals surface area (Å²) in [4.78, 5) is 40.5. The zero-order chi connectivity index (χ0) is 24.0. The van der Waals surface area contributed by atoms with Gasteiger partial charge in [-0.3, -0.25) is 14.4 Å². The first-order valence-electron chi connectivity index (χ1n) is 10.8. The molecule has 7 heteroatoms. The molecule has 3 amide bonds. The van der Waals surface area contributed by atoms with E-state index >= 15 is 0 Å². The summed E-state index contributed by atoms with van der Waals surface area (Å²) in [5.41, 5.74) is 4.89. The van der Waals surface area contributed by atoms with Crippen LogP contribution >= 0.6 is 0 Å². The molecule has 0 unspecified atom stereocenters. The number of alkyl halides is 1. The molecule has 0 radical (unpaired) electrons. The summed E-state index contributed by atoms with van der Waals surface area (Å²) >= 11 is 0. The number of amides is 3. The Kier molecular flexibility index (Phi) is 5.49. The summed E-state index contributed by atoms with van der Waals surface area (Å²) in [6, 6.07) is 13.1. The van der Waals surface area contributed by atoms with Gasteiger partial charge in [-0.1, -0.05) is 42.3 Å². The molecule has 6 nitrogen and oxygen atoms in total. The fourth-order valence-corrected chi connectivity index (χ4v) is 5.06. The molecule has 2 aromatic carbocycles. The first-order chi connectivity index (χ1) is 15.6. The second-order valence-corrected chi connectivity index (χ2v) is 9.36. The fourth-order valence-electron chi connectivity index (χ4n) is 5.06. The van der Waals surface area contributed by atoms with Crippen molar-refractivity contribution in [3.63, 3.8) is 0 Å². The van der Waals surface area contributed by atoms with Crippen molar-refractivity contribution >= 4 is 23.4 Å². The van der Waals surface area contributed by atoms with Gasteiger partial charge in [0.15, 0.2) is 0 Å². The van der Waals surface area contributed by atoms with E-state index in [0.29, 0.717) is 11.3 Å². The number of terminal acetylenes is 1. The van der Waals surface area contributed by atoms with Gasteiger partial charge in [-0.2, -0.15) is 0 Å². The molecule has 2 heterocycles. The van der Waals surface area contributed by atoms with Crippen molar-refractivity contribution in [2.45, 2.75) is 49.7 Å². The van der Waals surface area contributed by atoms with E-state index in [9.17, 15) is 18.8 Å². The molecule has 2 aliphatic heterocycles. The standard InChI is InChI=1S/C26H26FN3O3/c1-4-16-13-26(20-11-7-8-12-21(20)29-24(26)33)15-30(16)23(32)19(14-25(2,3)27)17-9-5-6-10-18(17)22(28)31/h1,5-12,16,19H,13-15H2,2-3H3,(H2,28,31)(H,29,33)/t16-,19+,26+/m1/s1.